The SMILES string of the molecule is C=CC(=O)Oc1ccc(-c2cccc(OC(=O)C=C)c2)cc1. The van der Waals surface area contributed by atoms with Gasteiger partial charge in [-0.15, -0.1) is 0 Å². The lowest BCUT2D eigenvalue weighted by atomic mass is 10.1. The fourth-order valence-electron chi connectivity index (χ4n) is 1.77. The second kappa shape index (κ2) is 7.04. The smallest absolute Gasteiger partial charge is 0.335 e. The molecular formula is C18H14O4. The van der Waals surface area contributed by atoms with Crippen molar-refractivity contribution in [1.29, 1.82) is 0 Å². The third-order valence-corrected chi connectivity index (χ3v) is 2.79. The van der Waals surface area contributed by atoms with Crippen molar-refractivity contribution < 1.29 is 19.1 Å². The molecule has 110 valence electrons. The summed E-state index contributed by atoms with van der Waals surface area (Å²) in [6, 6.07) is 14.1. The van der Waals surface area contributed by atoms with Gasteiger partial charge in [0, 0.05) is 12.2 Å². The van der Waals surface area contributed by atoms with E-state index < -0.39 is 11.9 Å². The molecule has 0 N–H and O–H groups in total. The lowest BCUT2D eigenvalue weighted by Crippen LogP contribution is -2.03. The van der Waals surface area contributed by atoms with Gasteiger partial charge in [-0.1, -0.05) is 37.4 Å². The molecule has 0 bridgehead atoms. The second-order valence-electron chi connectivity index (χ2n) is 4.30. The average molecular weight is 294 g/mol. The quantitative estimate of drug-likeness (QED) is 0.481. The van der Waals surface area contributed by atoms with Gasteiger partial charge in [0.25, 0.3) is 0 Å². The van der Waals surface area contributed by atoms with Gasteiger partial charge in [-0.2, -0.15) is 0 Å². The van der Waals surface area contributed by atoms with Crippen molar-refractivity contribution in [3.8, 4) is 22.6 Å². The number of rotatable bonds is 5. The van der Waals surface area contributed by atoms with E-state index in [0.29, 0.717) is 11.5 Å². The summed E-state index contributed by atoms with van der Waals surface area (Å²) >= 11 is 0. The van der Waals surface area contributed by atoms with Crippen LogP contribution in [0.2, 0.25) is 0 Å². The van der Waals surface area contributed by atoms with Crippen molar-refractivity contribution in [3.63, 3.8) is 0 Å². The first kappa shape index (κ1) is 15.3. The molecular weight excluding hydrogens is 280 g/mol. The maximum absolute atomic E-state index is 11.2. The van der Waals surface area contributed by atoms with E-state index in [-0.39, 0.29) is 0 Å². The molecule has 4 heteroatoms. The molecule has 2 rings (SSSR count). The highest BCUT2D eigenvalue weighted by Crippen LogP contribution is 2.26. The molecule has 0 unspecified atom stereocenters. The highest BCUT2D eigenvalue weighted by Gasteiger charge is 2.04. The fraction of sp³-hybridized carbons (Fsp3) is 0. The van der Waals surface area contributed by atoms with Crippen molar-refractivity contribution in [2.24, 2.45) is 0 Å². The molecule has 0 amide bonds. The van der Waals surface area contributed by atoms with E-state index in [2.05, 4.69) is 13.2 Å². The second-order valence-corrected chi connectivity index (χ2v) is 4.30. The first-order chi connectivity index (χ1) is 10.6. The summed E-state index contributed by atoms with van der Waals surface area (Å²) in [4.78, 5) is 22.3. The first-order valence-corrected chi connectivity index (χ1v) is 6.51. The Labute approximate surface area is 128 Å². The zero-order chi connectivity index (χ0) is 15.9. The molecule has 0 fully saturated rings. The maximum atomic E-state index is 11.2. The number of carbonyl (C=O) groups excluding carboxylic acids is 2. The number of esters is 2. The van der Waals surface area contributed by atoms with Crippen molar-refractivity contribution in [2.45, 2.75) is 0 Å². The maximum Gasteiger partial charge on any atom is 0.335 e. The van der Waals surface area contributed by atoms with Gasteiger partial charge >= 0.3 is 11.9 Å². The van der Waals surface area contributed by atoms with E-state index in [1.54, 1.807) is 42.5 Å². The average Bonchev–Trinajstić information content (AvgIpc) is 2.55. The van der Waals surface area contributed by atoms with Crippen molar-refractivity contribution in [1.82, 2.24) is 0 Å². The Morgan fingerprint density at radius 1 is 0.773 bits per heavy atom. The molecule has 0 aliphatic rings. The minimum Gasteiger partial charge on any atom is -0.423 e. The minimum atomic E-state index is -0.510. The predicted octanol–water partition coefficient (Wildman–Crippen LogP) is 3.54. The molecule has 2 aromatic carbocycles. The largest absolute Gasteiger partial charge is 0.423 e. The number of ether oxygens (including phenoxy) is 2. The molecule has 0 spiro atoms. The molecule has 22 heavy (non-hydrogen) atoms. The summed E-state index contributed by atoms with van der Waals surface area (Å²) in [5, 5.41) is 0. The Hall–Kier alpha value is -3.14. The van der Waals surface area contributed by atoms with Crippen LogP contribution in [0.15, 0.2) is 73.8 Å². The van der Waals surface area contributed by atoms with E-state index >= 15 is 0 Å². The third kappa shape index (κ3) is 3.93. The molecule has 2 aromatic rings. The summed E-state index contributed by atoms with van der Waals surface area (Å²) in [5.41, 5.74) is 1.77. The van der Waals surface area contributed by atoms with Gasteiger partial charge in [-0.05, 0) is 35.4 Å². The number of hydrogen-bond donors (Lipinski definition) is 0. The van der Waals surface area contributed by atoms with Gasteiger partial charge in [0.15, 0.2) is 0 Å². The molecule has 0 aromatic heterocycles. The number of benzene rings is 2. The Morgan fingerprint density at radius 3 is 1.95 bits per heavy atom. The summed E-state index contributed by atoms with van der Waals surface area (Å²) in [6.45, 7) is 6.69. The van der Waals surface area contributed by atoms with E-state index in [1.807, 2.05) is 6.07 Å². The molecule has 0 aliphatic carbocycles. The van der Waals surface area contributed by atoms with Crippen LogP contribution in [0.4, 0.5) is 0 Å². The van der Waals surface area contributed by atoms with Crippen molar-refractivity contribution in [2.75, 3.05) is 0 Å². The molecule has 0 heterocycles. The Kier molecular flexibility index (Phi) is 4.88. The topological polar surface area (TPSA) is 52.6 Å². The summed E-state index contributed by atoms with van der Waals surface area (Å²) in [5.74, 6) is -0.151. The number of hydrogen-bond acceptors (Lipinski definition) is 4. The zero-order valence-corrected chi connectivity index (χ0v) is 11.8. The van der Waals surface area contributed by atoms with Crippen LogP contribution < -0.4 is 9.47 Å². The Morgan fingerprint density at radius 2 is 1.36 bits per heavy atom. The van der Waals surface area contributed by atoms with Gasteiger partial charge in [0.05, 0.1) is 0 Å². The van der Waals surface area contributed by atoms with Crippen molar-refractivity contribution in [3.05, 3.63) is 73.8 Å². The summed E-state index contributed by atoms with van der Waals surface area (Å²) < 4.78 is 10.1. The van der Waals surface area contributed by atoms with Crippen LogP contribution in [0.3, 0.4) is 0 Å². The summed E-state index contributed by atoms with van der Waals surface area (Å²) in [6.07, 6.45) is 2.21. The number of carbonyl (C=O) groups is 2. The first-order valence-electron chi connectivity index (χ1n) is 6.51. The van der Waals surface area contributed by atoms with Crippen LogP contribution in [0.5, 0.6) is 11.5 Å². The van der Waals surface area contributed by atoms with Crippen LogP contribution >= 0.6 is 0 Å². The van der Waals surface area contributed by atoms with Gasteiger partial charge < -0.3 is 9.47 Å². The normalized spacial score (nSPS) is 9.64. The van der Waals surface area contributed by atoms with Crippen LogP contribution in [-0.2, 0) is 9.59 Å². The molecule has 0 saturated heterocycles. The van der Waals surface area contributed by atoms with Gasteiger partial charge in [-0.3, -0.25) is 0 Å². The fourth-order valence-corrected chi connectivity index (χ4v) is 1.77. The molecule has 4 nitrogen and oxygen atoms in total. The third-order valence-electron chi connectivity index (χ3n) is 2.79. The highest BCUT2D eigenvalue weighted by molar-refractivity contribution is 5.84. The van der Waals surface area contributed by atoms with E-state index in [0.717, 1.165) is 23.3 Å². The lowest BCUT2D eigenvalue weighted by molar-refractivity contribution is -0.129. The molecule has 0 radical (unpaired) electrons. The van der Waals surface area contributed by atoms with Gasteiger partial charge in [0.2, 0.25) is 0 Å². The Bertz CT molecular complexity index is 714. The van der Waals surface area contributed by atoms with Crippen LogP contribution in [-0.4, -0.2) is 11.9 Å². The zero-order valence-electron chi connectivity index (χ0n) is 11.8. The van der Waals surface area contributed by atoms with Gasteiger partial charge in [-0.25, -0.2) is 9.59 Å². The molecule has 0 saturated carbocycles. The van der Waals surface area contributed by atoms with Crippen molar-refractivity contribution >= 4 is 11.9 Å². The van der Waals surface area contributed by atoms with Crippen LogP contribution in [0.25, 0.3) is 11.1 Å². The lowest BCUT2D eigenvalue weighted by Gasteiger charge is -2.06. The highest BCUT2D eigenvalue weighted by atomic mass is 16.5. The van der Waals surface area contributed by atoms with Gasteiger partial charge in [0.1, 0.15) is 11.5 Å². The summed E-state index contributed by atoms with van der Waals surface area (Å²) in [7, 11) is 0. The van der Waals surface area contributed by atoms with E-state index in [4.69, 9.17) is 9.47 Å². The molecule has 0 atom stereocenters. The van der Waals surface area contributed by atoms with Crippen LogP contribution in [0, 0.1) is 0 Å². The monoisotopic (exact) mass is 294 g/mol. The standard InChI is InChI=1S/C18H14O4/c1-3-17(19)21-15-10-8-13(9-11-15)14-6-5-7-16(12-14)22-18(20)4-2/h3-12H,1-2H2. The molecule has 0 aliphatic heterocycles. The van der Waals surface area contributed by atoms with Crippen LogP contribution in [0.1, 0.15) is 0 Å². The Balaban J connectivity index is 2.19. The van der Waals surface area contributed by atoms with E-state index in [9.17, 15) is 9.59 Å². The van der Waals surface area contributed by atoms with E-state index in [1.165, 1.54) is 0 Å². The minimum absolute atomic E-state index is 0.433. The predicted molar refractivity (Wildman–Crippen MR) is 83.5 cm³/mol.